The number of aromatic amines is 2. The van der Waals surface area contributed by atoms with Crippen LogP contribution in [0, 0.1) is 0 Å². The van der Waals surface area contributed by atoms with E-state index in [-0.39, 0.29) is 30.3 Å². The lowest BCUT2D eigenvalue weighted by molar-refractivity contribution is 0.0945. The number of H-pyrrole nitrogens is 2. The van der Waals surface area contributed by atoms with Crippen LogP contribution in [0.2, 0.25) is 0 Å². The fraction of sp³-hybridized carbons (Fsp3) is 0.167. The molecule has 0 saturated carbocycles. The lowest BCUT2D eigenvalue weighted by Gasteiger charge is -2.08. The Labute approximate surface area is 149 Å². The zero-order chi connectivity index (χ0) is 18.4. The van der Waals surface area contributed by atoms with Crippen molar-refractivity contribution in [1.29, 1.82) is 0 Å². The normalized spacial score (nSPS) is 10.3. The molecular weight excluding hydrogens is 336 g/mol. The van der Waals surface area contributed by atoms with Crippen LogP contribution in [-0.2, 0) is 13.2 Å². The van der Waals surface area contributed by atoms with E-state index in [0.717, 1.165) is 0 Å². The van der Waals surface area contributed by atoms with Crippen LogP contribution in [0.15, 0.2) is 53.5 Å². The lowest BCUT2D eigenvalue weighted by atomic mass is 10.2. The summed E-state index contributed by atoms with van der Waals surface area (Å²) in [5.41, 5.74) is 1.09. The van der Waals surface area contributed by atoms with E-state index < -0.39 is 0 Å². The second-order valence-corrected chi connectivity index (χ2v) is 5.43. The van der Waals surface area contributed by atoms with Gasteiger partial charge in [0.1, 0.15) is 12.3 Å². The summed E-state index contributed by atoms with van der Waals surface area (Å²) in [6, 6.07) is 12.2. The molecule has 0 saturated heterocycles. The van der Waals surface area contributed by atoms with Crippen molar-refractivity contribution >= 4 is 5.91 Å². The molecule has 0 fully saturated rings. The maximum absolute atomic E-state index is 12.2. The zero-order valence-corrected chi connectivity index (χ0v) is 14.1. The highest BCUT2D eigenvalue weighted by Gasteiger charge is 2.12. The molecule has 8 heteroatoms. The van der Waals surface area contributed by atoms with Gasteiger partial charge in [-0.25, -0.2) is 0 Å². The van der Waals surface area contributed by atoms with E-state index in [9.17, 15) is 9.59 Å². The first-order valence-electron chi connectivity index (χ1n) is 7.92. The van der Waals surface area contributed by atoms with Crippen molar-refractivity contribution in [1.82, 2.24) is 20.5 Å². The number of rotatable bonds is 7. The molecule has 2 aromatic heterocycles. The lowest BCUT2D eigenvalue weighted by Crippen LogP contribution is -2.26. The standard InChI is InChI=1S/C18H18N4O4/c1-25-15-6-2-3-7-16(15)26-11-13-9-14(22-21-13)18(24)20-10-12-5-4-8-19-17(12)23/h2-9H,10-11H2,1H3,(H,19,23)(H,20,24)(H,21,22). The number of carbonyl (C=O) groups is 1. The highest BCUT2D eigenvalue weighted by molar-refractivity contribution is 5.92. The molecule has 8 nitrogen and oxygen atoms in total. The number of nitrogens with one attached hydrogen (secondary N) is 3. The number of methoxy groups -OCH3 is 1. The monoisotopic (exact) mass is 354 g/mol. The second kappa shape index (κ2) is 8.02. The second-order valence-electron chi connectivity index (χ2n) is 5.43. The third-order valence-electron chi connectivity index (χ3n) is 3.65. The number of hydrogen-bond donors (Lipinski definition) is 3. The van der Waals surface area contributed by atoms with Crippen LogP contribution in [-0.4, -0.2) is 28.2 Å². The summed E-state index contributed by atoms with van der Waals surface area (Å²) in [7, 11) is 1.57. The Morgan fingerprint density at radius 2 is 2.00 bits per heavy atom. The molecule has 3 N–H and O–H groups in total. The third kappa shape index (κ3) is 4.10. The topological polar surface area (TPSA) is 109 Å². The first kappa shape index (κ1) is 17.3. The van der Waals surface area contributed by atoms with Gasteiger partial charge in [0.15, 0.2) is 11.5 Å². The minimum Gasteiger partial charge on any atom is -0.493 e. The van der Waals surface area contributed by atoms with Gasteiger partial charge in [-0.1, -0.05) is 18.2 Å². The van der Waals surface area contributed by atoms with Crippen molar-refractivity contribution in [2.75, 3.05) is 7.11 Å². The minimum absolute atomic E-state index is 0.120. The van der Waals surface area contributed by atoms with E-state index >= 15 is 0 Å². The predicted octanol–water partition coefficient (Wildman–Crippen LogP) is 1.62. The van der Waals surface area contributed by atoms with Crippen molar-refractivity contribution in [2.45, 2.75) is 13.2 Å². The van der Waals surface area contributed by atoms with Crippen LogP contribution in [0.4, 0.5) is 0 Å². The van der Waals surface area contributed by atoms with Crippen LogP contribution in [0.3, 0.4) is 0 Å². The minimum atomic E-state index is -0.381. The summed E-state index contributed by atoms with van der Waals surface area (Å²) in [6.45, 7) is 0.327. The molecule has 0 unspecified atom stereocenters. The molecule has 1 amide bonds. The zero-order valence-electron chi connectivity index (χ0n) is 14.1. The summed E-state index contributed by atoms with van der Waals surface area (Å²) >= 11 is 0. The number of hydrogen-bond acceptors (Lipinski definition) is 5. The van der Waals surface area contributed by atoms with Gasteiger partial charge in [0.2, 0.25) is 0 Å². The van der Waals surface area contributed by atoms with Crippen molar-refractivity contribution < 1.29 is 14.3 Å². The van der Waals surface area contributed by atoms with Crippen molar-refractivity contribution in [3.05, 3.63) is 76.0 Å². The summed E-state index contributed by atoms with van der Waals surface area (Å²) in [4.78, 5) is 26.3. The van der Waals surface area contributed by atoms with E-state index in [0.29, 0.717) is 22.8 Å². The molecule has 0 radical (unpaired) electrons. The van der Waals surface area contributed by atoms with E-state index in [1.54, 1.807) is 37.4 Å². The maximum atomic E-state index is 12.2. The van der Waals surface area contributed by atoms with Gasteiger partial charge in [-0.05, 0) is 24.3 Å². The number of para-hydroxylation sites is 2. The molecule has 134 valence electrons. The average Bonchev–Trinajstić information content (AvgIpc) is 3.15. The molecule has 2 heterocycles. The van der Waals surface area contributed by atoms with Crippen LogP contribution < -0.4 is 20.3 Å². The number of aromatic nitrogens is 3. The maximum Gasteiger partial charge on any atom is 0.272 e. The van der Waals surface area contributed by atoms with Gasteiger partial charge in [-0.2, -0.15) is 5.10 Å². The third-order valence-corrected chi connectivity index (χ3v) is 3.65. The Morgan fingerprint density at radius 1 is 1.19 bits per heavy atom. The summed E-state index contributed by atoms with van der Waals surface area (Å²) < 4.78 is 10.9. The van der Waals surface area contributed by atoms with Gasteiger partial charge in [0.25, 0.3) is 11.5 Å². The average molecular weight is 354 g/mol. The first-order valence-corrected chi connectivity index (χ1v) is 7.92. The van der Waals surface area contributed by atoms with Crippen molar-refractivity contribution in [2.24, 2.45) is 0 Å². The van der Waals surface area contributed by atoms with Gasteiger partial charge >= 0.3 is 0 Å². The molecule has 3 rings (SSSR count). The smallest absolute Gasteiger partial charge is 0.272 e. The molecule has 0 bridgehead atoms. The molecule has 0 aliphatic rings. The molecule has 1 aromatic carbocycles. The highest BCUT2D eigenvalue weighted by Crippen LogP contribution is 2.26. The van der Waals surface area contributed by atoms with Crippen molar-refractivity contribution in [3.63, 3.8) is 0 Å². The number of carbonyl (C=O) groups excluding carboxylic acids is 1. The summed E-state index contributed by atoms with van der Waals surface area (Å²) in [5, 5.41) is 9.39. The Bertz CT molecular complexity index is 948. The predicted molar refractivity (Wildman–Crippen MR) is 94.1 cm³/mol. The Balaban J connectivity index is 1.58. The van der Waals surface area contributed by atoms with Crippen LogP contribution >= 0.6 is 0 Å². The van der Waals surface area contributed by atoms with Crippen molar-refractivity contribution in [3.8, 4) is 11.5 Å². The Kier molecular flexibility index (Phi) is 5.33. The molecule has 0 atom stereocenters. The molecule has 0 spiro atoms. The molecule has 26 heavy (non-hydrogen) atoms. The number of pyridine rings is 1. The Morgan fingerprint density at radius 3 is 2.77 bits per heavy atom. The summed E-state index contributed by atoms with van der Waals surface area (Å²) in [6.07, 6.45) is 1.54. The van der Waals surface area contributed by atoms with Gasteiger partial charge in [0.05, 0.1) is 12.8 Å². The first-order chi connectivity index (χ1) is 12.7. The van der Waals surface area contributed by atoms with Gasteiger partial charge in [-0.15, -0.1) is 0 Å². The quantitative estimate of drug-likeness (QED) is 0.597. The number of nitrogens with zero attached hydrogens (tertiary/aromatic N) is 1. The van der Waals surface area contributed by atoms with Crippen LogP contribution in [0.1, 0.15) is 21.7 Å². The molecule has 0 aliphatic carbocycles. The number of benzene rings is 1. The molecule has 3 aromatic rings. The SMILES string of the molecule is COc1ccccc1OCc1cc(C(=O)NCc2ccc[nH]c2=O)n[nH]1. The fourth-order valence-electron chi connectivity index (χ4n) is 2.31. The van der Waals surface area contributed by atoms with Gasteiger partial charge in [0, 0.05) is 18.3 Å². The van der Waals surface area contributed by atoms with E-state index in [4.69, 9.17) is 9.47 Å². The number of amides is 1. The van der Waals surface area contributed by atoms with Crippen LogP contribution in [0.5, 0.6) is 11.5 Å². The van der Waals surface area contributed by atoms with Crippen LogP contribution in [0.25, 0.3) is 0 Å². The molecular formula is C18H18N4O4. The van der Waals surface area contributed by atoms with E-state index in [2.05, 4.69) is 20.5 Å². The van der Waals surface area contributed by atoms with Gasteiger partial charge < -0.3 is 19.8 Å². The highest BCUT2D eigenvalue weighted by atomic mass is 16.5. The van der Waals surface area contributed by atoms with E-state index in [1.165, 1.54) is 6.20 Å². The largest absolute Gasteiger partial charge is 0.493 e. The van der Waals surface area contributed by atoms with Gasteiger partial charge in [-0.3, -0.25) is 14.7 Å². The Hall–Kier alpha value is -3.55. The number of ether oxygens (including phenoxy) is 2. The molecule has 0 aliphatic heterocycles. The van der Waals surface area contributed by atoms with E-state index in [1.807, 2.05) is 12.1 Å². The summed E-state index contributed by atoms with van der Waals surface area (Å²) in [5.74, 6) is 0.838. The fourth-order valence-corrected chi connectivity index (χ4v) is 2.31.